The van der Waals surface area contributed by atoms with Crippen LogP contribution in [-0.2, 0) is 9.53 Å². The minimum atomic E-state index is -0.388. The largest absolute Gasteiger partial charge is 0.354 e. The standard InChI is InChI=1S/C10H17NO2/c1-6-7(2)9(12)11-8(6)5-13-10(11,3)4/h6-8H,5H2,1-4H3/t6-,7+,8+/m0/s1. The number of ether oxygens (including phenoxy) is 1. The molecule has 0 saturated carbocycles. The summed E-state index contributed by atoms with van der Waals surface area (Å²) in [6.07, 6.45) is 0. The van der Waals surface area contributed by atoms with Crippen LogP contribution in [0.15, 0.2) is 0 Å². The van der Waals surface area contributed by atoms with Gasteiger partial charge in [0.2, 0.25) is 5.91 Å². The number of carbonyl (C=O) groups excluding carboxylic acids is 1. The molecule has 13 heavy (non-hydrogen) atoms. The lowest BCUT2D eigenvalue weighted by Crippen LogP contribution is -2.44. The zero-order chi connectivity index (χ0) is 9.80. The second kappa shape index (κ2) is 2.47. The van der Waals surface area contributed by atoms with Gasteiger partial charge in [0.25, 0.3) is 0 Å². The van der Waals surface area contributed by atoms with E-state index in [0.717, 1.165) is 0 Å². The van der Waals surface area contributed by atoms with Crippen LogP contribution in [0.3, 0.4) is 0 Å². The lowest BCUT2D eigenvalue weighted by molar-refractivity contribution is -0.144. The monoisotopic (exact) mass is 183 g/mol. The van der Waals surface area contributed by atoms with E-state index in [0.29, 0.717) is 18.6 Å². The number of hydrogen-bond donors (Lipinski definition) is 0. The Kier molecular flexibility index (Phi) is 1.71. The van der Waals surface area contributed by atoms with Gasteiger partial charge < -0.3 is 9.64 Å². The van der Waals surface area contributed by atoms with Crippen LogP contribution in [0.1, 0.15) is 27.7 Å². The number of hydrogen-bond acceptors (Lipinski definition) is 2. The summed E-state index contributed by atoms with van der Waals surface area (Å²) in [5.41, 5.74) is -0.388. The third-order valence-electron chi connectivity index (χ3n) is 3.54. The Bertz CT molecular complexity index is 249. The first-order valence-electron chi connectivity index (χ1n) is 4.92. The molecule has 0 unspecified atom stereocenters. The second-order valence-corrected chi connectivity index (χ2v) is 4.68. The van der Waals surface area contributed by atoms with Gasteiger partial charge in [0.1, 0.15) is 5.72 Å². The highest BCUT2D eigenvalue weighted by Crippen LogP contribution is 2.40. The molecule has 3 nitrogen and oxygen atoms in total. The molecule has 1 amide bonds. The van der Waals surface area contributed by atoms with E-state index in [1.807, 2.05) is 25.7 Å². The van der Waals surface area contributed by atoms with E-state index in [1.165, 1.54) is 0 Å². The van der Waals surface area contributed by atoms with Crippen molar-refractivity contribution in [2.45, 2.75) is 39.5 Å². The molecule has 74 valence electrons. The molecule has 3 heteroatoms. The highest BCUT2D eigenvalue weighted by molar-refractivity contribution is 5.82. The maximum absolute atomic E-state index is 11.9. The minimum Gasteiger partial charge on any atom is -0.354 e. The lowest BCUT2D eigenvalue weighted by atomic mass is 9.94. The molecule has 2 fully saturated rings. The maximum Gasteiger partial charge on any atom is 0.228 e. The van der Waals surface area contributed by atoms with E-state index in [4.69, 9.17) is 4.74 Å². The smallest absolute Gasteiger partial charge is 0.228 e. The summed E-state index contributed by atoms with van der Waals surface area (Å²) < 4.78 is 5.60. The Morgan fingerprint density at radius 2 is 2.08 bits per heavy atom. The fourth-order valence-electron chi connectivity index (χ4n) is 2.43. The number of carbonyl (C=O) groups is 1. The molecule has 2 saturated heterocycles. The van der Waals surface area contributed by atoms with Gasteiger partial charge in [0, 0.05) is 5.92 Å². The van der Waals surface area contributed by atoms with Gasteiger partial charge in [-0.2, -0.15) is 0 Å². The Labute approximate surface area is 79.0 Å². The van der Waals surface area contributed by atoms with E-state index >= 15 is 0 Å². The summed E-state index contributed by atoms with van der Waals surface area (Å²) in [5.74, 6) is 0.836. The third-order valence-corrected chi connectivity index (χ3v) is 3.54. The van der Waals surface area contributed by atoms with E-state index in [-0.39, 0.29) is 17.6 Å². The van der Waals surface area contributed by atoms with Gasteiger partial charge in [0.15, 0.2) is 0 Å². The van der Waals surface area contributed by atoms with Crippen molar-refractivity contribution in [3.63, 3.8) is 0 Å². The molecule has 0 bridgehead atoms. The van der Waals surface area contributed by atoms with Crippen LogP contribution in [0.4, 0.5) is 0 Å². The number of amides is 1. The predicted molar refractivity (Wildman–Crippen MR) is 49.0 cm³/mol. The topological polar surface area (TPSA) is 29.5 Å². The van der Waals surface area contributed by atoms with Crippen LogP contribution in [0.5, 0.6) is 0 Å². The summed E-state index contributed by atoms with van der Waals surface area (Å²) in [5, 5.41) is 0. The summed E-state index contributed by atoms with van der Waals surface area (Å²) in [6, 6.07) is 0.303. The second-order valence-electron chi connectivity index (χ2n) is 4.68. The summed E-state index contributed by atoms with van der Waals surface area (Å²) in [6.45, 7) is 8.79. The van der Waals surface area contributed by atoms with Crippen LogP contribution in [0.2, 0.25) is 0 Å². The van der Waals surface area contributed by atoms with Crippen molar-refractivity contribution >= 4 is 5.91 Å². The third kappa shape index (κ3) is 1.03. The summed E-state index contributed by atoms with van der Waals surface area (Å²) in [4.78, 5) is 13.8. The molecule has 0 spiro atoms. The van der Waals surface area contributed by atoms with E-state index < -0.39 is 0 Å². The van der Waals surface area contributed by atoms with Crippen molar-refractivity contribution in [1.82, 2.24) is 4.90 Å². The van der Waals surface area contributed by atoms with Crippen LogP contribution < -0.4 is 0 Å². The summed E-state index contributed by atoms with van der Waals surface area (Å²) in [7, 11) is 0. The molecule has 2 aliphatic heterocycles. The van der Waals surface area contributed by atoms with Crippen molar-refractivity contribution in [3.8, 4) is 0 Å². The fourth-order valence-corrected chi connectivity index (χ4v) is 2.43. The van der Waals surface area contributed by atoms with E-state index in [1.54, 1.807) is 0 Å². The van der Waals surface area contributed by atoms with Gasteiger partial charge in [-0.25, -0.2) is 0 Å². The quantitative estimate of drug-likeness (QED) is 0.565. The van der Waals surface area contributed by atoms with Gasteiger partial charge in [-0.05, 0) is 19.8 Å². The Morgan fingerprint density at radius 1 is 1.46 bits per heavy atom. The molecule has 0 aromatic heterocycles. The molecular formula is C10H17NO2. The average Bonchev–Trinajstić information content (AvgIpc) is 2.46. The first kappa shape index (κ1) is 9.00. The predicted octanol–water partition coefficient (Wildman–Crippen LogP) is 1.24. The van der Waals surface area contributed by atoms with Crippen LogP contribution >= 0.6 is 0 Å². The van der Waals surface area contributed by atoms with Crippen LogP contribution in [0, 0.1) is 11.8 Å². The fraction of sp³-hybridized carbons (Fsp3) is 0.900. The Balaban J connectivity index is 2.33. The van der Waals surface area contributed by atoms with Gasteiger partial charge in [0.05, 0.1) is 12.6 Å². The molecule has 0 aromatic carbocycles. The molecular weight excluding hydrogens is 166 g/mol. The van der Waals surface area contributed by atoms with Gasteiger partial charge >= 0.3 is 0 Å². The Morgan fingerprint density at radius 3 is 2.62 bits per heavy atom. The number of nitrogens with zero attached hydrogens (tertiary/aromatic N) is 1. The van der Waals surface area contributed by atoms with Gasteiger partial charge in [-0.15, -0.1) is 0 Å². The molecule has 0 aromatic rings. The molecule has 0 radical (unpaired) electrons. The summed E-state index contributed by atoms with van der Waals surface area (Å²) >= 11 is 0. The highest BCUT2D eigenvalue weighted by Gasteiger charge is 2.53. The molecule has 0 N–H and O–H groups in total. The van der Waals surface area contributed by atoms with E-state index in [2.05, 4.69) is 6.92 Å². The van der Waals surface area contributed by atoms with Crippen molar-refractivity contribution in [2.75, 3.05) is 6.61 Å². The van der Waals surface area contributed by atoms with Gasteiger partial charge in [-0.3, -0.25) is 4.79 Å². The van der Waals surface area contributed by atoms with Crippen molar-refractivity contribution < 1.29 is 9.53 Å². The van der Waals surface area contributed by atoms with E-state index in [9.17, 15) is 4.79 Å². The van der Waals surface area contributed by atoms with Crippen molar-refractivity contribution in [3.05, 3.63) is 0 Å². The zero-order valence-corrected chi connectivity index (χ0v) is 8.70. The molecule has 3 atom stereocenters. The average molecular weight is 183 g/mol. The Hall–Kier alpha value is -0.570. The molecule has 2 aliphatic rings. The highest BCUT2D eigenvalue weighted by atomic mass is 16.5. The molecule has 0 aliphatic carbocycles. The normalized spacial score (nSPS) is 42.6. The molecule has 2 heterocycles. The number of fused-ring (bicyclic) bond motifs is 1. The van der Waals surface area contributed by atoms with Crippen LogP contribution in [0.25, 0.3) is 0 Å². The SMILES string of the molecule is C[C@@H]1[C@H]2COC(C)(C)N2C(=O)[C@@H]1C. The maximum atomic E-state index is 11.9. The van der Waals surface area contributed by atoms with Crippen molar-refractivity contribution in [1.29, 1.82) is 0 Å². The first-order valence-corrected chi connectivity index (χ1v) is 4.92. The first-order chi connectivity index (χ1) is 5.95. The van der Waals surface area contributed by atoms with Crippen molar-refractivity contribution in [2.24, 2.45) is 11.8 Å². The van der Waals surface area contributed by atoms with Crippen LogP contribution in [-0.4, -0.2) is 29.2 Å². The lowest BCUT2D eigenvalue weighted by Gasteiger charge is -2.29. The minimum absolute atomic E-state index is 0.160. The zero-order valence-electron chi connectivity index (χ0n) is 8.70. The van der Waals surface area contributed by atoms with Gasteiger partial charge in [-0.1, -0.05) is 13.8 Å². The number of rotatable bonds is 0. The molecule has 2 rings (SSSR count).